The number of anilines is 2. The van der Waals surface area contributed by atoms with Crippen LogP contribution in [-0.2, 0) is 9.59 Å². The van der Waals surface area contributed by atoms with Gasteiger partial charge < -0.3 is 20.3 Å². The molecule has 18 heavy (non-hydrogen) atoms. The Hall–Kier alpha value is -2.11. The lowest BCUT2D eigenvalue weighted by atomic mass is 10.2. The van der Waals surface area contributed by atoms with Gasteiger partial charge in [0.1, 0.15) is 12.1 Å². The number of halogens is 1. The Morgan fingerprint density at radius 2 is 2.17 bits per heavy atom. The van der Waals surface area contributed by atoms with Gasteiger partial charge in [-0.1, -0.05) is 0 Å². The number of nitrogens with zero attached hydrogens (tertiary/aromatic N) is 2. The predicted molar refractivity (Wildman–Crippen MR) is 65.7 cm³/mol. The maximum atomic E-state index is 13.7. The van der Waals surface area contributed by atoms with Crippen LogP contribution in [0.4, 0.5) is 15.8 Å². The Labute approximate surface area is 104 Å². The van der Waals surface area contributed by atoms with Crippen LogP contribution < -0.4 is 10.6 Å². The predicted octanol–water partition coefficient (Wildman–Crippen LogP) is 0.255. The van der Waals surface area contributed by atoms with Gasteiger partial charge in [-0.25, -0.2) is 4.39 Å². The molecule has 5 nitrogen and oxygen atoms in total. The molecule has 1 amide bonds. The quantitative estimate of drug-likeness (QED) is 0.618. The molecule has 96 valence electrons. The first-order valence-corrected chi connectivity index (χ1v) is 5.63. The van der Waals surface area contributed by atoms with Gasteiger partial charge >= 0.3 is 0 Å². The molecule has 1 saturated heterocycles. The zero-order valence-corrected chi connectivity index (χ0v) is 9.80. The smallest absolute Gasteiger partial charge is 0.242 e. The summed E-state index contributed by atoms with van der Waals surface area (Å²) in [5, 5.41) is 0. The van der Waals surface area contributed by atoms with Crippen LogP contribution in [0.5, 0.6) is 0 Å². The summed E-state index contributed by atoms with van der Waals surface area (Å²) in [5.74, 6) is -0.615. The molecule has 1 aromatic carbocycles. The third kappa shape index (κ3) is 2.42. The molecule has 0 saturated carbocycles. The van der Waals surface area contributed by atoms with Gasteiger partial charge in [-0.2, -0.15) is 0 Å². The van der Waals surface area contributed by atoms with Gasteiger partial charge in [-0.05, 0) is 18.2 Å². The second-order valence-corrected chi connectivity index (χ2v) is 4.14. The second kappa shape index (κ2) is 5.03. The number of carbonyl (C=O) groups excluding carboxylic acids is 2. The normalized spacial score (nSPS) is 15.9. The first-order valence-electron chi connectivity index (χ1n) is 5.63. The Bertz CT molecular complexity index is 478. The van der Waals surface area contributed by atoms with Crippen LogP contribution >= 0.6 is 0 Å². The lowest BCUT2D eigenvalue weighted by Crippen LogP contribution is -2.51. The van der Waals surface area contributed by atoms with Crippen molar-refractivity contribution >= 4 is 23.6 Å². The molecule has 0 aromatic heterocycles. The number of piperazine rings is 1. The van der Waals surface area contributed by atoms with Crippen molar-refractivity contribution < 1.29 is 14.0 Å². The fraction of sp³-hybridized carbons (Fsp3) is 0.333. The molecule has 1 fully saturated rings. The van der Waals surface area contributed by atoms with Crippen LogP contribution in [0.15, 0.2) is 18.2 Å². The average Bonchev–Trinajstić information content (AvgIpc) is 2.32. The minimum Gasteiger partial charge on any atom is -0.399 e. The van der Waals surface area contributed by atoms with Gasteiger partial charge in [-0.3, -0.25) is 4.79 Å². The summed E-state index contributed by atoms with van der Waals surface area (Å²) < 4.78 is 13.7. The van der Waals surface area contributed by atoms with Crippen LogP contribution in [0.1, 0.15) is 0 Å². The number of carbonyl (C=O) groups is 2. The highest BCUT2D eigenvalue weighted by Crippen LogP contribution is 2.22. The standard InChI is InChI=1S/C12H14FN3O2/c13-10-7-9(14)1-2-11(10)16-4-3-15(5-6-17)12(18)8-16/h1-2,6-7H,3-5,8,14H2. The van der Waals surface area contributed by atoms with Crippen LogP contribution in [0.3, 0.4) is 0 Å². The fourth-order valence-corrected chi connectivity index (χ4v) is 1.98. The van der Waals surface area contributed by atoms with Crippen molar-refractivity contribution in [2.45, 2.75) is 0 Å². The molecule has 1 heterocycles. The van der Waals surface area contributed by atoms with E-state index in [0.29, 0.717) is 30.8 Å². The van der Waals surface area contributed by atoms with Gasteiger partial charge in [0.15, 0.2) is 0 Å². The van der Waals surface area contributed by atoms with E-state index in [9.17, 15) is 14.0 Å². The van der Waals surface area contributed by atoms with Crippen molar-refractivity contribution in [3.8, 4) is 0 Å². The minimum atomic E-state index is -0.438. The zero-order valence-electron chi connectivity index (χ0n) is 9.80. The fourth-order valence-electron chi connectivity index (χ4n) is 1.98. The number of rotatable bonds is 3. The lowest BCUT2D eigenvalue weighted by molar-refractivity contribution is -0.132. The Morgan fingerprint density at radius 1 is 1.39 bits per heavy atom. The second-order valence-electron chi connectivity index (χ2n) is 4.14. The summed E-state index contributed by atoms with van der Waals surface area (Å²) in [7, 11) is 0. The van der Waals surface area contributed by atoms with E-state index in [2.05, 4.69) is 0 Å². The number of aldehydes is 1. The molecular weight excluding hydrogens is 237 g/mol. The topological polar surface area (TPSA) is 66.6 Å². The molecule has 1 aromatic rings. The van der Waals surface area contributed by atoms with E-state index in [1.54, 1.807) is 17.0 Å². The Kier molecular flexibility index (Phi) is 3.45. The number of nitrogens with two attached hydrogens (primary N) is 1. The first-order chi connectivity index (χ1) is 8.61. The van der Waals surface area contributed by atoms with E-state index >= 15 is 0 Å². The Morgan fingerprint density at radius 3 is 2.78 bits per heavy atom. The van der Waals surface area contributed by atoms with Crippen molar-refractivity contribution in [2.75, 3.05) is 36.8 Å². The van der Waals surface area contributed by atoms with E-state index in [-0.39, 0.29) is 19.0 Å². The number of amides is 1. The zero-order chi connectivity index (χ0) is 13.1. The molecular formula is C12H14FN3O2. The number of hydrogen-bond donors (Lipinski definition) is 1. The third-order valence-electron chi connectivity index (χ3n) is 2.93. The summed E-state index contributed by atoms with van der Waals surface area (Å²) in [5.41, 5.74) is 6.19. The molecule has 0 aliphatic carbocycles. The third-order valence-corrected chi connectivity index (χ3v) is 2.93. The molecule has 2 rings (SSSR count). The maximum absolute atomic E-state index is 13.7. The van der Waals surface area contributed by atoms with Crippen molar-refractivity contribution in [3.05, 3.63) is 24.0 Å². The molecule has 0 radical (unpaired) electrons. The first kappa shape index (κ1) is 12.3. The summed E-state index contributed by atoms with van der Waals surface area (Å²) in [6.45, 7) is 1.09. The molecule has 0 spiro atoms. The Balaban J connectivity index is 2.12. The number of hydrogen-bond acceptors (Lipinski definition) is 4. The van der Waals surface area contributed by atoms with Crippen LogP contribution in [0.2, 0.25) is 0 Å². The molecule has 6 heteroatoms. The van der Waals surface area contributed by atoms with E-state index in [0.717, 1.165) is 0 Å². The largest absolute Gasteiger partial charge is 0.399 e. The highest BCUT2D eigenvalue weighted by Gasteiger charge is 2.25. The van der Waals surface area contributed by atoms with Gasteiger partial charge in [0.2, 0.25) is 5.91 Å². The van der Waals surface area contributed by atoms with Crippen LogP contribution in [-0.4, -0.2) is 43.3 Å². The molecule has 1 aliphatic rings. The van der Waals surface area contributed by atoms with E-state index in [1.165, 1.54) is 11.0 Å². The van der Waals surface area contributed by atoms with E-state index < -0.39 is 5.82 Å². The number of nitrogen functional groups attached to an aromatic ring is 1. The van der Waals surface area contributed by atoms with E-state index in [1.807, 2.05) is 0 Å². The molecule has 1 aliphatic heterocycles. The highest BCUT2D eigenvalue weighted by molar-refractivity contribution is 5.84. The molecule has 0 atom stereocenters. The van der Waals surface area contributed by atoms with E-state index in [4.69, 9.17) is 5.73 Å². The van der Waals surface area contributed by atoms with Gasteiger partial charge in [0.05, 0.1) is 18.8 Å². The van der Waals surface area contributed by atoms with Gasteiger partial charge in [0.25, 0.3) is 0 Å². The van der Waals surface area contributed by atoms with Gasteiger partial charge in [0, 0.05) is 18.8 Å². The summed E-state index contributed by atoms with van der Waals surface area (Å²) >= 11 is 0. The average molecular weight is 251 g/mol. The molecule has 0 bridgehead atoms. The van der Waals surface area contributed by atoms with Crippen molar-refractivity contribution in [3.63, 3.8) is 0 Å². The number of benzene rings is 1. The van der Waals surface area contributed by atoms with Crippen LogP contribution in [0.25, 0.3) is 0 Å². The van der Waals surface area contributed by atoms with Crippen molar-refractivity contribution in [2.24, 2.45) is 0 Å². The monoisotopic (exact) mass is 251 g/mol. The molecule has 2 N–H and O–H groups in total. The SMILES string of the molecule is Nc1ccc(N2CCN(CC=O)C(=O)C2)c(F)c1. The minimum absolute atomic E-state index is 0.0781. The summed E-state index contributed by atoms with van der Waals surface area (Å²) in [6, 6.07) is 4.39. The maximum Gasteiger partial charge on any atom is 0.242 e. The summed E-state index contributed by atoms with van der Waals surface area (Å²) in [4.78, 5) is 25.2. The lowest BCUT2D eigenvalue weighted by Gasteiger charge is -2.34. The van der Waals surface area contributed by atoms with Crippen LogP contribution in [0, 0.1) is 5.82 Å². The highest BCUT2D eigenvalue weighted by atomic mass is 19.1. The molecule has 0 unspecified atom stereocenters. The van der Waals surface area contributed by atoms with Gasteiger partial charge in [-0.15, -0.1) is 0 Å². The van der Waals surface area contributed by atoms with Crippen molar-refractivity contribution in [1.82, 2.24) is 4.90 Å². The summed E-state index contributed by atoms with van der Waals surface area (Å²) in [6.07, 6.45) is 0.692. The van der Waals surface area contributed by atoms with Crippen molar-refractivity contribution in [1.29, 1.82) is 0 Å².